The molecule has 26 heavy (non-hydrogen) atoms. The van der Waals surface area contributed by atoms with E-state index in [-0.39, 0.29) is 12.1 Å². The first kappa shape index (κ1) is 16.3. The first-order valence-corrected chi connectivity index (χ1v) is 8.68. The number of rotatable bonds is 3. The second-order valence-corrected chi connectivity index (χ2v) is 6.47. The van der Waals surface area contributed by atoms with E-state index in [2.05, 4.69) is 25.6 Å². The molecular weight excluding hydrogens is 330 g/mol. The lowest BCUT2D eigenvalue weighted by Gasteiger charge is -2.22. The van der Waals surface area contributed by atoms with E-state index in [1.165, 1.54) is 0 Å². The summed E-state index contributed by atoms with van der Waals surface area (Å²) in [5.74, 6) is 2.09. The Morgan fingerprint density at radius 1 is 1.31 bits per heavy atom. The van der Waals surface area contributed by atoms with Gasteiger partial charge in [-0.1, -0.05) is 30.3 Å². The number of carbonyl (C=O) groups excluding carboxylic acids is 1. The minimum atomic E-state index is -0.155. The van der Waals surface area contributed by atoms with Crippen LogP contribution in [0.25, 0.3) is 11.3 Å². The van der Waals surface area contributed by atoms with Crippen LogP contribution in [0, 0.1) is 6.92 Å². The van der Waals surface area contributed by atoms with E-state index in [1.54, 1.807) is 9.58 Å². The second-order valence-electron chi connectivity index (χ2n) is 6.47. The summed E-state index contributed by atoms with van der Waals surface area (Å²) in [6.45, 7) is 2.55. The van der Waals surface area contributed by atoms with E-state index in [4.69, 9.17) is 0 Å². The minimum absolute atomic E-state index is 0.0956. The first-order chi connectivity index (χ1) is 12.6. The molecule has 3 heterocycles. The molecule has 1 atom stereocenters. The van der Waals surface area contributed by atoms with Gasteiger partial charge in [0.15, 0.2) is 5.82 Å². The van der Waals surface area contributed by atoms with E-state index < -0.39 is 0 Å². The van der Waals surface area contributed by atoms with E-state index in [1.807, 2.05) is 50.4 Å². The molecule has 1 saturated heterocycles. The fourth-order valence-electron chi connectivity index (χ4n) is 3.30. The molecule has 0 saturated carbocycles. The van der Waals surface area contributed by atoms with Crippen LogP contribution >= 0.6 is 0 Å². The molecule has 4 rings (SSSR count). The molecular formula is C18H21N7O. The average Bonchev–Trinajstić information content (AvgIpc) is 3.36. The predicted octanol–water partition coefficient (Wildman–Crippen LogP) is 2.88. The van der Waals surface area contributed by atoms with Gasteiger partial charge in [-0.3, -0.25) is 15.1 Å². The third-order valence-corrected chi connectivity index (χ3v) is 4.61. The smallest absolute Gasteiger partial charge is 0.314 e. The Morgan fingerprint density at radius 3 is 2.85 bits per heavy atom. The van der Waals surface area contributed by atoms with Crippen LogP contribution in [0.4, 0.5) is 10.6 Å². The van der Waals surface area contributed by atoms with Gasteiger partial charge < -0.3 is 4.90 Å². The average molecular weight is 351 g/mol. The van der Waals surface area contributed by atoms with E-state index in [9.17, 15) is 4.79 Å². The van der Waals surface area contributed by atoms with Gasteiger partial charge in [0.25, 0.3) is 0 Å². The summed E-state index contributed by atoms with van der Waals surface area (Å²) in [5.41, 5.74) is 1.84. The van der Waals surface area contributed by atoms with Crippen LogP contribution < -0.4 is 5.32 Å². The molecule has 0 aliphatic carbocycles. The lowest BCUT2D eigenvalue weighted by molar-refractivity contribution is 0.205. The Hall–Kier alpha value is -3.16. The van der Waals surface area contributed by atoms with Gasteiger partial charge in [-0.05, 0) is 19.8 Å². The fraction of sp³-hybridized carbons (Fsp3) is 0.333. The zero-order valence-electron chi connectivity index (χ0n) is 14.8. The highest BCUT2D eigenvalue weighted by molar-refractivity contribution is 5.89. The molecule has 1 aliphatic rings. The number of carbonyl (C=O) groups is 1. The molecule has 0 spiro atoms. The van der Waals surface area contributed by atoms with Crippen LogP contribution in [-0.2, 0) is 7.05 Å². The van der Waals surface area contributed by atoms with Gasteiger partial charge in [-0.15, -0.1) is 0 Å². The Labute approximate surface area is 151 Å². The molecule has 8 nitrogen and oxygen atoms in total. The van der Waals surface area contributed by atoms with Gasteiger partial charge in [0.05, 0.1) is 11.7 Å². The van der Waals surface area contributed by atoms with Crippen molar-refractivity contribution >= 4 is 11.8 Å². The Balaban J connectivity index is 1.52. The van der Waals surface area contributed by atoms with Gasteiger partial charge >= 0.3 is 6.03 Å². The molecule has 1 aromatic carbocycles. The van der Waals surface area contributed by atoms with Gasteiger partial charge in [-0.2, -0.15) is 10.2 Å². The zero-order chi connectivity index (χ0) is 18.1. The minimum Gasteiger partial charge on any atom is -0.314 e. The molecule has 0 unspecified atom stereocenters. The lowest BCUT2D eigenvalue weighted by atomic mass is 10.2. The first-order valence-electron chi connectivity index (χ1n) is 8.68. The SMILES string of the molecule is Cc1nc([C@@H]2CCCN2C(=O)Nc2cc(-c3ccccc3)nn2C)n[nH]1. The van der Waals surface area contributed by atoms with Crippen molar-refractivity contribution in [1.82, 2.24) is 29.9 Å². The highest BCUT2D eigenvalue weighted by Crippen LogP contribution is 2.30. The molecule has 0 bridgehead atoms. The van der Waals surface area contributed by atoms with Crippen molar-refractivity contribution in [3.05, 3.63) is 48.0 Å². The highest BCUT2D eigenvalue weighted by Gasteiger charge is 2.33. The molecule has 2 N–H and O–H groups in total. The summed E-state index contributed by atoms with van der Waals surface area (Å²) in [4.78, 5) is 19.0. The number of hydrogen-bond donors (Lipinski definition) is 2. The van der Waals surface area contributed by atoms with Crippen LogP contribution in [0.3, 0.4) is 0 Å². The van der Waals surface area contributed by atoms with E-state index in [0.717, 1.165) is 29.9 Å². The van der Waals surface area contributed by atoms with Crippen LogP contribution in [0.1, 0.15) is 30.5 Å². The number of nitrogens with zero attached hydrogens (tertiary/aromatic N) is 5. The molecule has 0 radical (unpaired) electrons. The number of nitrogens with one attached hydrogen (secondary N) is 2. The monoisotopic (exact) mass is 351 g/mol. The van der Waals surface area contributed by atoms with E-state index in [0.29, 0.717) is 18.2 Å². The number of hydrogen-bond acceptors (Lipinski definition) is 4. The van der Waals surface area contributed by atoms with Gasteiger partial charge in [-0.25, -0.2) is 9.78 Å². The van der Waals surface area contributed by atoms with Gasteiger partial charge in [0.1, 0.15) is 11.6 Å². The van der Waals surface area contributed by atoms with Gasteiger partial charge in [0.2, 0.25) is 0 Å². The standard InChI is InChI=1S/C18H21N7O/c1-12-19-17(22-21-12)15-9-6-10-25(15)18(26)20-16-11-14(23-24(16)2)13-7-4-3-5-8-13/h3-5,7-8,11,15H,6,9-10H2,1-2H3,(H,20,26)(H,19,21,22)/t15-/m0/s1. The maximum atomic E-state index is 12.8. The Morgan fingerprint density at radius 2 is 2.12 bits per heavy atom. The molecule has 8 heteroatoms. The van der Waals surface area contributed by atoms with Crippen LogP contribution in [0.15, 0.2) is 36.4 Å². The largest absolute Gasteiger partial charge is 0.323 e. The van der Waals surface area contributed by atoms with Crippen molar-refractivity contribution in [2.45, 2.75) is 25.8 Å². The molecule has 1 aliphatic heterocycles. The summed E-state index contributed by atoms with van der Waals surface area (Å²) < 4.78 is 1.68. The lowest BCUT2D eigenvalue weighted by Crippen LogP contribution is -2.35. The quantitative estimate of drug-likeness (QED) is 0.759. The molecule has 1 fully saturated rings. The number of likely N-dealkylation sites (tertiary alicyclic amines) is 1. The Kier molecular flexibility index (Phi) is 4.16. The summed E-state index contributed by atoms with van der Waals surface area (Å²) in [6.07, 6.45) is 1.80. The highest BCUT2D eigenvalue weighted by atomic mass is 16.2. The number of aromatic amines is 1. The topological polar surface area (TPSA) is 91.7 Å². The van der Waals surface area contributed by atoms with Crippen LogP contribution in [-0.4, -0.2) is 42.4 Å². The van der Waals surface area contributed by atoms with Crippen molar-refractivity contribution < 1.29 is 4.79 Å². The van der Waals surface area contributed by atoms with Crippen LogP contribution in [0.2, 0.25) is 0 Å². The molecule has 3 aromatic rings. The van der Waals surface area contributed by atoms with Gasteiger partial charge in [0, 0.05) is 25.2 Å². The number of benzene rings is 1. The van der Waals surface area contributed by atoms with Crippen molar-refractivity contribution in [3.63, 3.8) is 0 Å². The maximum absolute atomic E-state index is 12.8. The maximum Gasteiger partial charge on any atom is 0.323 e. The number of urea groups is 1. The second kappa shape index (κ2) is 6.62. The summed E-state index contributed by atoms with van der Waals surface area (Å²) in [5, 5.41) is 14.5. The third kappa shape index (κ3) is 3.05. The fourth-order valence-corrected chi connectivity index (χ4v) is 3.30. The van der Waals surface area contributed by atoms with E-state index >= 15 is 0 Å². The predicted molar refractivity (Wildman–Crippen MR) is 97.5 cm³/mol. The third-order valence-electron chi connectivity index (χ3n) is 4.61. The Bertz CT molecular complexity index is 915. The number of H-pyrrole nitrogens is 1. The summed E-state index contributed by atoms with van der Waals surface area (Å²) >= 11 is 0. The van der Waals surface area contributed by atoms with Crippen molar-refractivity contribution in [2.75, 3.05) is 11.9 Å². The van der Waals surface area contributed by atoms with Crippen molar-refractivity contribution in [2.24, 2.45) is 7.05 Å². The zero-order valence-corrected chi connectivity index (χ0v) is 14.8. The normalized spacial score (nSPS) is 16.8. The molecule has 2 amide bonds. The number of aromatic nitrogens is 5. The summed E-state index contributed by atoms with van der Waals surface area (Å²) in [7, 11) is 1.82. The number of amides is 2. The number of anilines is 1. The molecule has 2 aromatic heterocycles. The number of aryl methyl sites for hydroxylation is 2. The van der Waals surface area contributed by atoms with Crippen LogP contribution in [0.5, 0.6) is 0 Å². The van der Waals surface area contributed by atoms with Crippen molar-refractivity contribution in [3.8, 4) is 11.3 Å². The van der Waals surface area contributed by atoms with Crippen molar-refractivity contribution in [1.29, 1.82) is 0 Å². The molecule has 134 valence electrons. The summed E-state index contributed by atoms with van der Waals surface area (Å²) in [6, 6.07) is 11.5.